The predicted molar refractivity (Wildman–Crippen MR) is 94.9 cm³/mol. The molecule has 0 bridgehead atoms. The van der Waals surface area contributed by atoms with E-state index in [9.17, 15) is 4.79 Å². The maximum absolute atomic E-state index is 12.3. The zero-order chi connectivity index (χ0) is 17.5. The van der Waals surface area contributed by atoms with Gasteiger partial charge in [-0.3, -0.25) is 9.78 Å². The molecule has 2 heterocycles. The van der Waals surface area contributed by atoms with Crippen molar-refractivity contribution in [2.75, 3.05) is 10.6 Å². The molecule has 25 heavy (non-hydrogen) atoms. The van der Waals surface area contributed by atoms with Gasteiger partial charge < -0.3 is 10.6 Å². The average molecular weight is 329 g/mol. The van der Waals surface area contributed by atoms with Crippen molar-refractivity contribution in [3.63, 3.8) is 0 Å². The van der Waals surface area contributed by atoms with Gasteiger partial charge in [-0.05, 0) is 36.4 Å². The number of anilines is 2. The Balaban J connectivity index is 1.63. The van der Waals surface area contributed by atoms with Crippen molar-refractivity contribution in [3.05, 3.63) is 83.9 Å². The fourth-order valence-corrected chi connectivity index (χ4v) is 2.20. The molecule has 6 heteroatoms. The lowest BCUT2D eigenvalue weighted by atomic mass is 10.2. The van der Waals surface area contributed by atoms with Gasteiger partial charge in [-0.25, -0.2) is 4.98 Å². The first-order valence-corrected chi connectivity index (χ1v) is 7.66. The molecule has 0 atom stereocenters. The Bertz CT molecular complexity index is 901. The van der Waals surface area contributed by atoms with Crippen LogP contribution in [0.15, 0.2) is 67.0 Å². The van der Waals surface area contributed by atoms with Crippen LogP contribution in [0.3, 0.4) is 0 Å². The monoisotopic (exact) mass is 329 g/mol. The van der Waals surface area contributed by atoms with Crippen LogP contribution >= 0.6 is 0 Å². The molecule has 0 aliphatic heterocycles. The summed E-state index contributed by atoms with van der Waals surface area (Å²) in [7, 11) is 0. The smallest absolute Gasteiger partial charge is 0.274 e. The molecule has 3 aromatic rings. The number of aromatic nitrogens is 2. The third-order valence-corrected chi connectivity index (χ3v) is 3.49. The summed E-state index contributed by atoms with van der Waals surface area (Å²) in [4.78, 5) is 20.7. The van der Waals surface area contributed by atoms with Crippen LogP contribution in [0.5, 0.6) is 0 Å². The highest BCUT2D eigenvalue weighted by atomic mass is 16.1. The lowest BCUT2D eigenvalue weighted by molar-refractivity contribution is 0.102. The number of pyridine rings is 2. The van der Waals surface area contributed by atoms with Gasteiger partial charge in [0.15, 0.2) is 0 Å². The van der Waals surface area contributed by atoms with E-state index in [0.29, 0.717) is 17.8 Å². The number of nitriles is 1. The topological polar surface area (TPSA) is 90.7 Å². The number of benzene rings is 1. The van der Waals surface area contributed by atoms with E-state index in [4.69, 9.17) is 5.26 Å². The number of rotatable bonds is 5. The van der Waals surface area contributed by atoms with E-state index < -0.39 is 0 Å². The summed E-state index contributed by atoms with van der Waals surface area (Å²) in [5.41, 5.74) is 2.85. The van der Waals surface area contributed by atoms with E-state index in [-0.39, 0.29) is 11.6 Å². The minimum absolute atomic E-state index is 0.274. The van der Waals surface area contributed by atoms with E-state index in [1.807, 2.05) is 24.3 Å². The van der Waals surface area contributed by atoms with Gasteiger partial charge in [-0.15, -0.1) is 0 Å². The van der Waals surface area contributed by atoms with Crippen molar-refractivity contribution in [2.45, 2.75) is 6.54 Å². The maximum Gasteiger partial charge on any atom is 0.274 e. The Morgan fingerprint density at radius 2 is 1.88 bits per heavy atom. The van der Waals surface area contributed by atoms with Gasteiger partial charge in [-0.2, -0.15) is 5.26 Å². The standard InChI is InChI=1S/C19H15N5O/c20-11-14-5-1-2-7-17(14)24-19(25)18-9-8-16(13-23-18)22-12-15-6-3-4-10-21-15/h1-10,13,22H,12H2,(H,24,25). The fraction of sp³-hybridized carbons (Fsp3) is 0.0526. The second kappa shape index (κ2) is 7.70. The van der Waals surface area contributed by atoms with Crippen LogP contribution in [-0.4, -0.2) is 15.9 Å². The van der Waals surface area contributed by atoms with Crippen molar-refractivity contribution in [1.82, 2.24) is 9.97 Å². The van der Waals surface area contributed by atoms with Crippen molar-refractivity contribution in [2.24, 2.45) is 0 Å². The number of para-hydroxylation sites is 1. The van der Waals surface area contributed by atoms with Gasteiger partial charge in [0.2, 0.25) is 0 Å². The van der Waals surface area contributed by atoms with Crippen molar-refractivity contribution < 1.29 is 4.79 Å². The minimum Gasteiger partial charge on any atom is -0.378 e. The van der Waals surface area contributed by atoms with Crippen molar-refractivity contribution in [1.29, 1.82) is 5.26 Å². The summed E-state index contributed by atoms with van der Waals surface area (Å²) in [6, 6.07) is 18.0. The fourth-order valence-electron chi connectivity index (χ4n) is 2.20. The highest BCUT2D eigenvalue weighted by Crippen LogP contribution is 2.15. The Morgan fingerprint density at radius 1 is 1.04 bits per heavy atom. The Hall–Kier alpha value is -3.72. The van der Waals surface area contributed by atoms with Gasteiger partial charge >= 0.3 is 0 Å². The average Bonchev–Trinajstić information content (AvgIpc) is 2.68. The Kier molecular flexibility index (Phi) is 4.98. The molecule has 0 spiro atoms. The molecule has 2 N–H and O–H groups in total. The Morgan fingerprint density at radius 3 is 2.60 bits per heavy atom. The van der Waals surface area contributed by atoms with Crippen LogP contribution in [-0.2, 0) is 6.54 Å². The van der Waals surface area contributed by atoms with Crippen LogP contribution in [0, 0.1) is 11.3 Å². The lowest BCUT2D eigenvalue weighted by Gasteiger charge is -2.08. The first-order valence-electron chi connectivity index (χ1n) is 7.66. The molecule has 0 unspecified atom stereocenters. The SMILES string of the molecule is N#Cc1ccccc1NC(=O)c1ccc(NCc2ccccn2)cn1. The summed E-state index contributed by atoms with van der Waals surface area (Å²) >= 11 is 0. The normalized spacial score (nSPS) is 9.88. The van der Waals surface area contributed by atoms with Gasteiger partial charge in [0.1, 0.15) is 11.8 Å². The molecule has 0 aliphatic rings. The van der Waals surface area contributed by atoms with E-state index >= 15 is 0 Å². The first kappa shape index (κ1) is 16.1. The van der Waals surface area contributed by atoms with Crippen LogP contribution in [0.1, 0.15) is 21.7 Å². The van der Waals surface area contributed by atoms with Crippen LogP contribution < -0.4 is 10.6 Å². The molecule has 3 rings (SSSR count). The molecule has 0 saturated carbocycles. The molecule has 1 aromatic carbocycles. The second-order valence-electron chi connectivity index (χ2n) is 5.22. The number of amides is 1. The summed E-state index contributed by atoms with van der Waals surface area (Å²) in [5, 5.41) is 15.0. The van der Waals surface area contributed by atoms with Crippen LogP contribution in [0.2, 0.25) is 0 Å². The largest absolute Gasteiger partial charge is 0.378 e. The maximum atomic E-state index is 12.3. The molecular weight excluding hydrogens is 314 g/mol. The highest BCUT2D eigenvalue weighted by Gasteiger charge is 2.10. The van der Waals surface area contributed by atoms with Crippen LogP contribution in [0.4, 0.5) is 11.4 Å². The van der Waals surface area contributed by atoms with E-state index in [0.717, 1.165) is 11.4 Å². The Labute approximate surface area is 145 Å². The van der Waals surface area contributed by atoms with Crippen LogP contribution in [0.25, 0.3) is 0 Å². The highest BCUT2D eigenvalue weighted by molar-refractivity contribution is 6.03. The number of nitrogens with one attached hydrogen (secondary N) is 2. The summed E-state index contributed by atoms with van der Waals surface area (Å²) in [5.74, 6) is -0.362. The molecule has 0 radical (unpaired) electrons. The minimum atomic E-state index is -0.362. The summed E-state index contributed by atoms with van der Waals surface area (Å²) < 4.78 is 0. The predicted octanol–water partition coefficient (Wildman–Crippen LogP) is 3.21. The second-order valence-corrected chi connectivity index (χ2v) is 5.22. The third kappa shape index (κ3) is 4.18. The summed E-state index contributed by atoms with van der Waals surface area (Å²) in [6.45, 7) is 0.573. The molecule has 1 amide bonds. The zero-order valence-corrected chi connectivity index (χ0v) is 13.3. The molecule has 0 fully saturated rings. The number of nitrogens with zero attached hydrogens (tertiary/aromatic N) is 3. The summed E-state index contributed by atoms with van der Waals surface area (Å²) in [6.07, 6.45) is 3.33. The molecule has 0 aliphatic carbocycles. The van der Waals surface area contributed by atoms with Crippen molar-refractivity contribution >= 4 is 17.3 Å². The zero-order valence-electron chi connectivity index (χ0n) is 13.3. The van der Waals surface area contributed by atoms with Gasteiger partial charge in [0.25, 0.3) is 5.91 Å². The van der Waals surface area contributed by atoms with Crippen molar-refractivity contribution in [3.8, 4) is 6.07 Å². The van der Waals surface area contributed by atoms with E-state index in [1.54, 1.807) is 48.8 Å². The van der Waals surface area contributed by atoms with Gasteiger partial charge in [-0.1, -0.05) is 18.2 Å². The first-order chi connectivity index (χ1) is 12.3. The third-order valence-electron chi connectivity index (χ3n) is 3.49. The molecule has 6 nitrogen and oxygen atoms in total. The quantitative estimate of drug-likeness (QED) is 0.750. The molecule has 2 aromatic heterocycles. The number of carbonyl (C=O) groups is 1. The number of hydrogen-bond donors (Lipinski definition) is 2. The lowest BCUT2D eigenvalue weighted by Crippen LogP contribution is -2.14. The molecule has 122 valence electrons. The number of carbonyl (C=O) groups excluding carboxylic acids is 1. The van der Waals surface area contributed by atoms with E-state index in [1.165, 1.54) is 0 Å². The van der Waals surface area contributed by atoms with Gasteiger partial charge in [0.05, 0.1) is 35.4 Å². The van der Waals surface area contributed by atoms with E-state index in [2.05, 4.69) is 20.6 Å². The molecule has 0 saturated heterocycles. The van der Waals surface area contributed by atoms with Gasteiger partial charge in [0, 0.05) is 6.20 Å². The molecular formula is C19H15N5O. The number of hydrogen-bond acceptors (Lipinski definition) is 5.